The van der Waals surface area contributed by atoms with Gasteiger partial charge in [0.2, 0.25) is 5.85 Å². The second-order valence-corrected chi connectivity index (χ2v) is 13.5. The summed E-state index contributed by atoms with van der Waals surface area (Å²) in [6.07, 6.45) is 4.18. The van der Waals surface area contributed by atoms with Crippen LogP contribution in [0.5, 0.6) is 5.75 Å². The van der Waals surface area contributed by atoms with Gasteiger partial charge in [0, 0.05) is 43.4 Å². The predicted octanol–water partition coefficient (Wildman–Crippen LogP) is 7.63. The van der Waals surface area contributed by atoms with Gasteiger partial charge in [0.1, 0.15) is 12.1 Å². The van der Waals surface area contributed by atoms with Crippen LogP contribution in [-0.4, -0.2) is 50.2 Å². The SMILES string of the molecule is Cc1ccc(C(C)C)c(N2CCCS/C2=N\C(=O)NC2Cc3ccc(-c4ncn(-c5ccc(OC(C)(C)F)cc5)n4)cc3C2)c1. The summed E-state index contributed by atoms with van der Waals surface area (Å²) < 4.78 is 20.8. The molecule has 1 unspecified atom stereocenters. The van der Waals surface area contributed by atoms with E-state index in [-0.39, 0.29) is 12.1 Å². The van der Waals surface area contributed by atoms with Crippen LogP contribution in [-0.2, 0) is 12.8 Å². The molecule has 0 saturated carbocycles. The lowest BCUT2D eigenvalue weighted by molar-refractivity contribution is -0.0257. The number of aliphatic imine (C=N–C) groups is 1. The minimum absolute atomic E-state index is 0.0279. The first-order valence-electron chi connectivity index (χ1n) is 15.4. The highest BCUT2D eigenvalue weighted by atomic mass is 32.2. The number of nitrogens with one attached hydrogen (secondary N) is 1. The summed E-state index contributed by atoms with van der Waals surface area (Å²) in [5, 5.41) is 8.59. The molecule has 2 aliphatic rings. The van der Waals surface area contributed by atoms with Gasteiger partial charge in [0.15, 0.2) is 11.0 Å². The van der Waals surface area contributed by atoms with Crippen molar-refractivity contribution in [1.82, 2.24) is 20.1 Å². The number of amides is 2. The Hall–Kier alpha value is -4.18. The summed E-state index contributed by atoms with van der Waals surface area (Å²) in [6.45, 7) is 10.1. The van der Waals surface area contributed by atoms with Crippen molar-refractivity contribution in [3.05, 3.63) is 89.2 Å². The summed E-state index contributed by atoms with van der Waals surface area (Å²) >= 11 is 1.65. The van der Waals surface area contributed by atoms with Gasteiger partial charge in [-0.2, -0.15) is 9.38 Å². The number of hydrogen-bond acceptors (Lipinski definition) is 5. The van der Waals surface area contributed by atoms with Crippen LogP contribution in [0.15, 0.2) is 72.0 Å². The van der Waals surface area contributed by atoms with Crippen molar-refractivity contribution < 1.29 is 13.9 Å². The Morgan fingerprint density at radius 2 is 1.87 bits per heavy atom. The van der Waals surface area contributed by atoms with E-state index in [4.69, 9.17) is 4.74 Å². The number of alkyl halides is 1. The Morgan fingerprint density at radius 3 is 2.62 bits per heavy atom. The van der Waals surface area contributed by atoms with Crippen LogP contribution >= 0.6 is 11.8 Å². The first kappa shape index (κ1) is 30.8. The molecule has 2 amide bonds. The zero-order valence-electron chi connectivity index (χ0n) is 26.4. The fourth-order valence-corrected chi connectivity index (χ4v) is 6.82. The number of ether oxygens (including phenoxy) is 1. The molecular weight excluding hydrogens is 587 g/mol. The van der Waals surface area contributed by atoms with E-state index >= 15 is 0 Å². The molecule has 1 aliphatic heterocycles. The fraction of sp³-hybridized carbons (Fsp3) is 0.371. The normalized spacial score (nSPS) is 17.5. The molecule has 45 heavy (non-hydrogen) atoms. The topological polar surface area (TPSA) is 84.6 Å². The van der Waals surface area contributed by atoms with Gasteiger partial charge in [-0.05, 0) is 90.8 Å². The maximum atomic E-state index is 13.8. The lowest BCUT2D eigenvalue weighted by Crippen LogP contribution is -2.38. The summed E-state index contributed by atoms with van der Waals surface area (Å²) in [5.41, 5.74) is 7.69. The van der Waals surface area contributed by atoms with Gasteiger partial charge in [0.05, 0.1) is 5.69 Å². The van der Waals surface area contributed by atoms with Gasteiger partial charge in [-0.15, -0.1) is 5.10 Å². The second kappa shape index (κ2) is 12.7. The van der Waals surface area contributed by atoms with Gasteiger partial charge in [-0.25, -0.2) is 14.5 Å². The zero-order valence-corrected chi connectivity index (χ0v) is 27.2. The van der Waals surface area contributed by atoms with E-state index in [2.05, 4.69) is 76.4 Å². The van der Waals surface area contributed by atoms with E-state index < -0.39 is 5.85 Å². The van der Waals surface area contributed by atoms with Gasteiger partial charge in [0.25, 0.3) is 0 Å². The van der Waals surface area contributed by atoms with Crippen molar-refractivity contribution in [3.63, 3.8) is 0 Å². The Balaban J connectivity index is 1.12. The number of carbonyl (C=O) groups excluding carboxylic acids is 1. The summed E-state index contributed by atoms with van der Waals surface area (Å²) in [6, 6.07) is 19.5. The molecule has 0 spiro atoms. The average Bonchev–Trinajstić information content (AvgIpc) is 3.63. The number of amidine groups is 1. The lowest BCUT2D eigenvalue weighted by atomic mass is 9.98. The van der Waals surface area contributed by atoms with Crippen LogP contribution in [0.25, 0.3) is 17.1 Å². The van der Waals surface area contributed by atoms with Gasteiger partial charge < -0.3 is 15.0 Å². The van der Waals surface area contributed by atoms with Crippen LogP contribution in [0.3, 0.4) is 0 Å². The molecule has 1 N–H and O–H groups in total. The number of fused-ring (bicyclic) bond motifs is 1. The zero-order chi connectivity index (χ0) is 31.7. The maximum Gasteiger partial charge on any atom is 0.343 e. The van der Waals surface area contributed by atoms with Crippen LogP contribution in [0.1, 0.15) is 62.3 Å². The Morgan fingerprint density at radius 1 is 1.09 bits per heavy atom. The molecule has 234 valence electrons. The average molecular weight is 627 g/mol. The van der Waals surface area contributed by atoms with E-state index in [0.717, 1.165) is 53.7 Å². The number of carbonyl (C=O) groups is 1. The summed E-state index contributed by atoms with van der Waals surface area (Å²) in [4.78, 5) is 24.5. The first-order valence-corrected chi connectivity index (χ1v) is 16.4. The van der Waals surface area contributed by atoms with E-state index in [0.29, 0.717) is 17.5 Å². The summed E-state index contributed by atoms with van der Waals surface area (Å²) in [5.74, 6) is 0.619. The number of hydrogen-bond donors (Lipinski definition) is 1. The maximum absolute atomic E-state index is 13.8. The Labute approximate surface area is 268 Å². The van der Waals surface area contributed by atoms with Crippen molar-refractivity contribution in [1.29, 1.82) is 0 Å². The monoisotopic (exact) mass is 626 g/mol. The number of nitrogens with zero attached hydrogens (tertiary/aromatic N) is 5. The minimum Gasteiger partial charge on any atom is -0.459 e. The highest BCUT2D eigenvalue weighted by Crippen LogP contribution is 2.33. The van der Waals surface area contributed by atoms with Crippen molar-refractivity contribution in [3.8, 4) is 22.8 Å². The molecule has 1 fully saturated rings. The van der Waals surface area contributed by atoms with Crippen molar-refractivity contribution in [2.24, 2.45) is 4.99 Å². The third-order valence-electron chi connectivity index (χ3n) is 7.96. The Kier molecular flexibility index (Phi) is 8.68. The van der Waals surface area contributed by atoms with E-state index in [1.807, 2.05) is 18.2 Å². The molecule has 1 saturated heterocycles. The number of aromatic nitrogens is 3. The number of rotatable bonds is 7. The predicted molar refractivity (Wildman–Crippen MR) is 179 cm³/mol. The van der Waals surface area contributed by atoms with Gasteiger partial charge in [-0.3, -0.25) is 0 Å². The molecule has 0 radical (unpaired) electrons. The molecule has 10 heteroatoms. The molecule has 3 aromatic carbocycles. The molecule has 6 rings (SSSR count). The first-order chi connectivity index (χ1) is 21.5. The molecule has 1 aliphatic carbocycles. The number of benzene rings is 3. The van der Waals surface area contributed by atoms with Gasteiger partial charge >= 0.3 is 6.03 Å². The second-order valence-electron chi connectivity index (χ2n) is 12.5. The number of thioether (sulfide) groups is 1. The number of halogens is 1. The molecular formula is C35H39FN6O2S. The standard InChI is InChI=1S/C35H39FN6O2S/c1-22(2)30-14-7-23(3)17-31(30)41-15-6-16-45-34(41)39-33(43)38-27-19-24-8-9-25(18-26(24)20-27)32-37-21-42(40-32)28-10-12-29(13-11-28)44-35(4,5)36/h7-14,17-18,21-22,27H,6,15-16,19-20H2,1-5H3,(H,38,43)/b39-34-. The van der Waals surface area contributed by atoms with E-state index in [1.165, 1.54) is 36.1 Å². The van der Waals surface area contributed by atoms with E-state index in [9.17, 15) is 9.18 Å². The molecule has 1 aromatic heterocycles. The highest BCUT2D eigenvalue weighted by molar-refractivity contribution is 8.14. The number of aryl methyl sites for hydroxylation is 1. The molecule has 8 nitrogen and oxygen atoms in total. The van der Waals surface area contributed by atoms with Crippen molar-refractivity contribution >= 4 is 28.6 Å². The van der Waals surface area contributed by atoms with Crippen molar-refractivity contribution in [2.45, 2.75) is 71.7 Å². The van der Waals surface area contributed by atoms with E-state index in [1.54, 1.807) is 34.9 Å². The summed E-state index contributed by atoms with van der Waals surface area (Å²) in [7, 11) is 0. The lowest BCUT2D eigenvalue weighted by Gasteiger charge is -2.32. The molecule has 0 bridgehead atoms. The van der Waals surface area contributed by atoms with Crippen LogP contribution in [0.4, 0.5) is 14.9 Å². The molecule has 4 aromatic rings. The van der Waals surface area contributed by atoms with Crippen LogP contribution in [0.2, 0.25) is 0 Å². The van der Waals surface area contributed by atoms with Crippen molar-refractivity contribution in [2.75, 3.05) is 17.2 Å². The highest BCUT2D eigenvalue weighted by Gasteiger charge is 2.27. The molecule has 2 heterocycles. The fourth-order valence-electron chi connectivity index (χ4n) is 5.87. The van der Waals surface area contributed by atoms with Crippen LogP contribution < -0.4 is 15.0 Å². The van der Waals surface area contributed by atoms with Gasteiger partial charge in [-0.1, -0.05) is 49.9 Å². The third-order valence-corrected chi connectivity index (χ3v) is 9.03. The Bertz CT molecular complexity index is 1730. The minimum atomic E-state index is -1.75. The quantitative estimate of drug-likeness (QED) is 0.227. The largest absolute Gasteiger partial charge is 0.459 e. The van der Waals surface area contributed by atoms with Crippen LogP contribution in [0, 0.1) is 6.92 Å². The molecule has 1 atom stereocenters. The number of urea groups is 1. The third kappa shape index (κ3) is 7.22. The smallest absolute Gasteiger partial charge is 0.343 e. The number of anilines is 1.